The van der Waals surface area contributed by atoms with Gasteiger partial charge in [0.2, 0.25) is 0 Å². The molecule has 0 aromatic heterocycles. The van der Waals surface area contributed by atoms with Gasteiger partial charge >= 0.3 is 0 Å². The largest absolute Gasteiger partial charge is 0.457 e. The van der Waals surface area contributed by atoms with E-state index in [1.165, 1.54) is 0 Å². The molecule has 0 saturated carbocycles. The van der Waals surface area contributed by atoms with Crippen LogP contribution in [0.5, 0.6) is 5.75 Å². The Kier molecular flexibility index (Phi) is 7.37. The number of aryl methyl sites for hydroxylation is 3. The Morgan fingerprint density at radius 2 is 1.57 bits per heavy atom. The van der Waals surface area contributed by atoms with Crippen molar-refractivity contribution in [1.82, 2.24) is 0 Å². The van der Waals surface area contributed by atoms with E-state index in [1.807, 2.05) is 38.1 Å². The molecule has 2 aromatic rings. The van der Waals surface area contributed by atoms with E-state index in [9.17, 15) is 10.5 Å². The molecule has 5 heteroatoms. The summed E-state index contributed by atoms with van der Waals surface area (Å²) < 4.78 is 12.7. The number of fused-ring (bicyclic) bond motifs is 1. The van der Waals surface area contributed by atoms with Gasteiger partial charge in [0.25, 0.3) is 0 Å². The number of nitriles is 2. The highest BCUT2D eigenvalue weighted by atomic mass is 16.5. The van der Waals surface area contributed by atoms with Crippen molar-refractivity contribution in [2.45, 2.75) is 41.5 Å². The lowest BCUT2D eigenvalue weighted by atomic mass is 9.95. The Bertz CT molecular complexity index is 1460. The van der Waals surface area contributed by atoms with Crippen LogP contribution in [0, 0.1) is 43.4 Å². The smallest absolute Gasteiger partial charge is 0.137 e. The first-order valence-electron chi connectivity index (χ1n) is 12.5. The number of nitrogens with zero attached hydrogens (tertiary/aromatic N) is 3. The Balaban J connectivity index is 1.77. The molecule has 4 rings (SSSR count). The standard InChI is InChI=1S/C32H31N3O2/c1-7-35(8-2)26-9-10-29-21(4)13-27(36-30(29)16-26)17-28-14-24(25(18-33)19-34)15-31(37-28)32-22(5)11-20(3)12-23(32)6/h9-17H,7-8H2,1-6H3/b27-17+. The molecule has 0 aliphatic carbocycles. The molecule has 0 amide bonds. The Morgan fingerprint density at radius 1 is 0.892 bits per heavy atom. The molecule has 5 nitrogen and oxygen atoms in total. The van der Waals surface area contributed by atoms with E-state index >= 15 is 0 Å². The van der Waals surface area contributed by atoms with Crippen LogP contribution in [0.15, 0.2) is 77.3 Å². The number of hydrogen-bond donors (Lipinski definition) is 0. The molecule has 2 aliphatic heterocycles. The number of anilines is 1. The van der Waals surface area contributed by atoms with Gasteiger partial charge in [0, 0.05) is 47.6 Å². The van der Waals surface area contributed by atoms with E-state index in [-0.39, 0.29) is 5.57 Å². The lowest BCUT2D eigenvalue weighted by Crippen LogP contribution is -2.21. The molecule has 0 atom stereocenters. The van der Waals surface area contributed by atoms with Crippen molar-refractivity contribution >= 4 is 17.0 Å². The minimum absolute atomic E-state index is 0.0320. The summed E-state index contributed by atoms with van der Waals surface area (Å²) in [5.41, 5.74) is 8.04. The first-order chi connectivity index (χ1) is 17.8. The predicted octanol–water partition coefficient (Wildman–Crippen LogP) is 7.44. The van der Waals surface area contributed by atoms with E-state index in [1.54, 1.807) is 12.2 Å². The van der Waals surface area contributed by atoms with Gasteiger partial charge in [-0.1, -0.05) is 17.7 Å². The SMILES string of the molecule is CCN(CC)c1ccc2c(c1)O/C(=C/C1=CC(=C(C#N)C#N)C=C(c3c(C)cc(C)cc3C)O1)C=C2C. The minimum atomic E-state index is 0.0320. The molecule has 0 fully saturated rings. The molecule has 2 heterocycles. The highest BCUT2D eigenvalue weighted by Gasteiger charge is 2.21. The molecule has 0 saturated heterocycles. The molecule has 0 unspecified atom stereocenters. The van der Waals surface area contributed by atoms with E-state index in [0.29, 0.717) is 22.9 Å². The van der Waals surface area contributed by atoms with Crippen LogP contribution >= 0.6 is 0 Å². The van der Waals surface area contributed by atoms with Gasteiger partial charge in [0.1, 0.15) is 40.7 Å². The maximum Gasteiger partial charge on any atom is 0.137 e. The molecule has 0 N–H and O–H groups in total. The van der Waals surface area contributed by atoms with Gasteiger partial charge in [-0.15, -0.1) is 0 Å². The summed E-state index contributed by atoms with van der Waals surface area (Å²) in [5.74, 6) is 2.51. The fourth-order valence-electron chi connectivity index (χ4n) is 4.95. The maximum atomic E-state index is 9.56. The first kappa shape index (κ1) is 25.6. The Labute approximate surface area is 219 Å². The van der Waals surface area contributed by atoms with Gasteiger partial charge in [0.15, 0.2) is 0 Å². The summed E-state index contributed by atoms with van der Waals surface area (Å²) in [4.78, 5) is 2.28. The zero-order chi connectivity index (χ0) is 26.7. The third-order valence-corrected chi connectivity index (χ3v) is 6.64. The molecule has 0 spiro atoms. The van der Waals surface area contributed by atoms with Crippen molar-refractivity contribution in [1.29, 1.82) is 10.5 Å². The topological polar surface area (TPSA) is 69.3 Å². The number of ether oxygens (including phenoxy) is 2. The zero-order valence-corrected chi connectivity index (χ0v) is 22.3. The average molecular weight is 490 g/mol. The average Bonchev–Trinajstić information content (AvgIpc) is 2.85. The van der Waals surface area contributed by atoms with Gasteiger partial charge in [-0.3, -0.25) is 0 Å². The molecular formula is C32H31N3O2. The summed E-state index contributed by atoms with van der Waals surface area (Å²) in [6.07, 6.45) is 7.27. The molecule has 2 aliphatic rings. The van der Waals surface area contributed by atoms with Crippen LogP contribution in [0.2, 0.25) is 0 Å². The highest BCUT2D eigenvalue weighted by Crippen LogP contribution is 2.38. The van der Waals surface area contributed by atoms with Crippen LogP contribution in [0.3, 0.4) is 0 Å². The monoisotopic (exact) mass is 489 g/mol. The van der Waals surface area contributed by atoms with E-state index in [2.05, 4.69) is 62.9 Å². The summed E-state index contributed by atoms with van der Waals surface area (Å²) in [5, 5.41) is 19.1. The lowest BCUT2D eigenvalue weighted by molar-refractivity contribution is 0.384. The number of rotatable bonds is 5. The molecule has 0 bridgehead atoms. The van der Waals surface area contributed by atoms with Gasteiger partial charge in [-0.2, -0.15) is 10.5 Å². The van der Waals surface area contributed by atoms with Crippen molar-refractivity contribution in [2.24, 2.45) is 0 Å². The number of hydrogen-bond acceptors (Lipinski definition) is 5. The molecular weight excluding hydrogens is 458 g/mol. The van der Waals surface area contributed by atoms with Gasteiger partial charge in [-0.05, 0) is 88.6 Å². The molecule has 186 valence electrons. The number of benzene rings is 2. The quantitative estimate of drug-likeness (QED) is 0.408. The molecule has 2 aromatic carbocycles. The third-order valence-electron chi connectivity index (χ3n) is 6.64. The number of allylic oxidation sites excluding steroid dienone is 7. The van der Waals surface area contributed by atoms with Crippen molar-refractivity contribution < 1.29 is 9.47 Å². The minimum Gasteiger partial charge on any atom is -0.457 e. The second-order valence-corrected chi connectivity index (χ2v) is 9.31. The van der Waals surface area contributed by atoms with Crippen LogP contribution in [0.25, 0.3) is 11.3 Å². The summed E-state index contributed by atoms with van der Waals surface area (Å²) in [6.45, 7) is 14.3. The van der Waals surface area contributed by atoms with Crippen LogP contribution in [0.4, 0.5) is 5.69 Å². The van der Waals surface area contributed by atoms with Gasteiger partial charge < -0.3 is 14.4 Å². The van der Waals surface area contributed by atoms with Gasteiger partial charge in [0.05, 0.1) is 0 Å². The summed E-state index contributed by atoms with van der Waals surface area (Å²) in [6, 6.07) is 14.5. The summed E-state index contributed by atoms with van der Waals surface area (Å²) >= 11 is 0. The Hall–Kier alpha value is -4.48. The third kappa shape index (κ3) is 5.22. The second kappa shape index (κ2) is 10.6. The van der Waals surface area contributed by atoms with Crippen molar-refractivity contribution in [3.05, 3.63) is 105 Å². The summed E-state index contributed by atoms with van der Waals surface area (Å²) in [7, 11) is 0. The van der Waals surface area contributed by atoms with Crippen LogP contribution in [-0.2, 0) is 4.74 Å². The first-order valence-corrected chi connectivity index (χ1v) is 12.5. The van der Waals surface area contributed by atoms with E-state index in [4.69, 9.17) is 9.47 Å². The lowest BCUT2D eigenvalue weighted by Gasteiger charge is -2.25. The van der Waals surface area contributed by atoms with Gasteiger partial charge in [-0.25, -0.2) is 0 Å². The molecule has 0 radical (unpaired) electrons. The predicted molar refractivity (Wildman–Crippen MR) is 148 cm³/mol. The van der Waals surface area contributed by atoms with Crippen LogP contribution < -0.4 is 9.64 Å². The van der Waals surface area contributed by atoms with E-state index < -0.39 is 0 Å². The maximum absolute atomic E-state index is 9.56. The van der Waals surface area contributed by atoms with Crippen molar-refractivity contribution in [3.63, 3.8) is 0 Å². The zero-order valence-electron chi connectivity index (χ0n) is 22.3. The molecule has 37 heavy (non-hydrogen) atoms. The normalized spacial score (nSPS) is 15.3. The van der Waals surface area contributed by atoms with Crippen molar-refractivity contribution in [3.8, 4) is 17.9 Å². The highest BCUT2D eigenvalue weighted by molar-refractivity contribution is 5.77. The Morgan fingerprint density at radius 3 is 2.19 bits per heavy atom. The second-order valence-electron chi connectivity index (χ2n) is 9.31. The van der Waals surface area contributed by atoms with E-state index in [0.717, 1.165) is 57.9 Å². The van der Waals surface area contributed by atoms with Crippen LogP contribution in [0.1, 0.15) is 48.6 Å². The van der Waals surface area contributed by atoms with Crippen molar-refractivity contribution in [2.75, 3.05) is 18.0 Å². The fourth-order valence-corrected chi connectivity index (χ4v) is 4.95. The fraction of sp³-hybridized carbons (Fsp3) is 0.250. The van der Waals surface area contributed by atoms with Crippen LogP contribution in [-0.4, -0.2) is 13.1 Å².